The second-order valence-corrected chi connectivity index (χ2v) is 9.41. The molecule has 32 heavy (non-hydrogen) atoms. The molecule has 2 aromatic rings. The zero-order valence-electron chi connectivity index (χ0n) is 17.0. The maximum Gasteiger partial charge on any atom is 0.338 e. The van der Waals surface area contributed by atoms with Crippen LogP contribution in [0.15, 0.2) is 47.4 Å². The Morgan fingerprint density at radius 1 is 1.19 bits per heavy atom. The third kappa shape index (κ3) is 5.23. The average Bonchev–Trinajstić information content (AvgIpc) is 3.30. The Labute approximate surface area is 189 Å². The van der Waals surface area contributed by atoms with Crippen LogP contribution in [0.3, 0.4) is 0 Å². The number of hydrogen-bond acceptors (Lipinski definition) is 7. The number of amides is 1. The zero-order chi connectivity index (χ0) is 23.5. The number of nitro groups is 1. The summed E-state index contributed by atoms with van der Waals surface area (Å²) in [5.41, 5.74) is -0.125. The highest BCUT2D eigenvalue weighted by Crippen LogP contribution is 2.28. The number of sulfonamides is 1. The summed E-state index contributed by atoms with van der Waals surface area (Å²) in [5.74, 6) is -1.63. The number of anilines is 1. The van der Waals surface area contributed by atoms with Crippen molar-refractivity contribution in [2.45, 2.75) is 30.8 Å². The molecule has 0 saturated carbocycles. The molecule has 10 nitrogen and oxygen atoms in total. The van der Waals surface area contributed by atoms with Gasteiger partial charge in [-0.05, 0) is 44.0 Å². The van der Waals surface area contributed by atoms with E-state index in [0.717, 1.165) is 18.9 Å². The van der Waals surface area contributed by atoms with Crippen LogP contribution in [0.2, 0.25) is 5.02 Å². The molecular weight excluding hydrogens is 462 g/mol. The molecule has 1 N–H and O–H groups in total. The number of nitrogens with zero attached hydrogens (tertiary/aromatic N) is 2. The lowest BCUT2D eigenvalue weighted by Gasteiger charge is -2.17. The molecule has 1 fully saturated rings. The van der Waals surface area contributed by atoms with Crippen LogP contribution >= 0.6 is 11.6 Å². The molecule has 0 aliphatic carbocycles. The first kappa shape index (κ1) is 23.6. The fraction of sp³-hybridized carbons (Fsp3) is 0.300. The predicted octanol–water partition coefficient (Wildman–Crippen LogP) is 3.22. The fourth-order valence-electron chi connectivity index (χ4n) is 3.12. The van der Waals surface area contributed by atoms with Gasteiger partial charge in [-0.1, -0.05) is 17.7 Å². The van der Waals surface area contributed by atoms with Crippen molar-refractivity contribution >= 4 is 44.9 Å². The number of rotatable bonds is 7. The van der Waals surface area contributed by atoms with Crippen molar-refractivity contribution in [3.05, 3.63) is 63.2 Å². The predicted molar refractivity (Wildman–Crippen MR) is 116 cm³/mol. The fourth-order valence-corrected chi connectivity index (χ4v) is 5.14. The molecule has 12 heteroatoms. The van der Waals surface area contributed by atoms with Gasteiger partial charge in [-0.2, -0.15) is 4.31 Å². The Morgan fingerprint density at radius 2 is 1.88 bits per heavy atom. The molecule has 1 heterocycles. The number of nitrogens with one attached hydrogen (secondary N) is 1. The molecule has 2 aromatic carbocycles. The minimum Gasteiger partial charge on any atom is -0.449 e. The van der Waals surface area contributed by atoms with Gasteiger partial charge in [0.2, 0.25) is 10.0 Å². The van der Waals surface area contributed by atoms with Crippen LogP contribution in [-0.2, 0) is 19.6 Å². The summed E-state index contributed by atoms with van der Waals surface area (Å²) in [6.45, 7) is 2.08. The third-order valence-electron chi connectivity index (χ3n) is 4.83. The molecule has 3 rings (SSSR count). The van der Waals surface area contributed by atoms with Gasteiger partial charge in [-0.25, -0.2) is 13.2 Å². The number of carbonyl (C=O) groups excluding carboxylic acids is 2. The molecule has 0 spiro atoms. The number of ether oxygens (including phenoxy) is 1. The van der Waals surface area contributed by atoms with Gasteiger partial charge in [-0.15, -0.1) is 0 Å². The summed E-state index contributed by atoms with van der Waals surface area (Å²) < 4.78 is 32.1. The summed E-state index contributed by atoms with van der Waals surface area (Å²) in [7, 11) is -3.86. The first-order valence-electron chi connectivity index (χ1n) is 9.65. The summed E-state index contributed by atoms with van der Waals surface area (Å²) in [5, 5.41) is 13.3. The molecule has 1 saturated heterocycles. The number of halogens is 1. The van der Waals surface area contributed by atoms with Gasteiger partial charge in [0.15, 0.2) is 6.10 Å². The monoisotopic (exact) mass is 481 g/mol. The second kappa shape index (κ2) is 9.63. The van der Waals surface area contributed by atoms with E-state index in [1.165, 1.54) is 47.6 Å². The SMILES string of the molecule is C[C@@H](OC(=O)c1ccc(Cl)c(S(=O)(=O)N2CCCC2)c1)C(=O)Nc1cccc([N+](=O)[O-])c1. The van der Waals surface area contributed by atoms with E-state index in [9.17, 15) is 28.1 Å². The number of esters is 1. The van der Waals surface area contributed by atoms with Gasteiger partial charge in [-0.3, -0.25) is 14.9 Å². The standard InChI is InChI=1S/C20H20ClN3O7S/c1-13(19(25)22-15-5-4-6-16(12-15)24(27)28)31-20(26)14-7-8-17(21)18(11-14)32(29,30)23-9-2-3-10-23/h4-8,11-13H,2-3,9-10H2,1H3,(H,22,25)/t13-/m1/s1. The van der Waals surface area contributed by atoms with Crippen LogP contribution < -0.4 is 5.32 Å². The summed E-state index contributed by atoms with van der Waals surface area (Å²) in [6, 6.07) is 9.01. The first-order chi connectivity index (χ1) is 15.1. The number of benzene rings is 2. The number of hydrogen-bond donors (Lipinski definition) is 1. The minimum atomic E-state index is -3.86. The van der Waals surface area contributed by atoms with Gasteiger partial charge in [0.05, 0.1) is 15.5 Å². The maximum absolute atomic E-state index is 12.8. The van der Waals surface area contributed by atoms with Crippen molar-refractivity contribution in [2.24, 2.45) is 0 Å². The van der Waals surface area contributed by atoms with Crippen LogP contribution in [0.25, 0.3) is 0 Å². The molecule has 1 amide bonds. The lowest BCUT2D eigenvalue weighted by molar-refractivity contribution is -0.384. The number of non-ortho nitro benzene ring substituents is 1. The van der Waals surface area contributed by atoms with Crippen LogP contribution in [0.1, 0.15) is 30.1 Å². The zero-order valence-corrected chi connectivity index (χ0v) is 18.6. The van der Waals surface area contributed by atoms with E-state index in [1.807, 2.05) is 0 Å². The molecule has 1 aliphatic rings. The Bertz CT molecular complexity index is 1160. The molecule has 0 bridgehead atoms. The summed E-state index contributed by atoms with van der Waals surface area (Å²) in [4.78, 5) is 34.9. The van der Waals surface area contributed by atoms with Crippen molar-refractivity contribution in [3.8, 4) is 0 Å². The summed E-state index contributed by atoms with van der Waals surface area (Å²) in [6.07, 6.45) is 0.238. The van der Waals surface area contributed by atoms with E-state index in [1.54, 1.807) is 0 Å². The van der Waals surface area contributed by atoms with Gasteiger partial charge in [0.25, 0.3) is 11.6 Å². The maximum atomic E-state index is 12.8. The smallest absolute Gasteiger partial charge is 0.338 e. The van der Waals surface area contributed by atoms with E-state index in [-0.39, 0.29) is 26.9 Å². The second-order valence-electron chi connectivity index (χ2n) is 7.10. The van der Waals surface area contributed by atoms with Crippen LogP contribution in [0.4, 0.5) is 11.4 Å². The third-order valence-corrected chi connectivity index (χ3v) is 7.21. The van der Waals surface area contributed by atoms with Crippen molar-refractivity contribution in [3.63, 3.8) is 0 Å². The number of carbonyl (C=O) groups is 2. The molecule has 1 atom stereocenters. The molecule has 0 radical (unpaired) electrons. The van der Waals surface area contributed by atoms with Gasteiger partial charge >= 0.3 is 5.97 Å². The number of nitro benzene ring substituents is 1. The molecule has 1 aliphatic heterocycles. The highest BCUT2D eigenvalue weighted by molar-refractivity contribution is 7.89. The van der Waals surface area contributed by atoms with Crippen molar-refractivity contribution in [1.82, 2.24) is 4.31 Å². The first-order valence-corrected chi connectivity index (χ1v) is 11.5. The van der Waals surface area contributed by atoms with Crippen molar-refractivity contribution < 1.29 is 27.7 Å². The lowest BCUT2D eigenvalue weighted by Crippen LogP contribution is -2.30. The van der Waals surface area contributed by atoms with E-state index in [0.29, 0.717) is 13.1 Å². The summed E-state index contributed by atoms with van der Waals surface area (Å²) >= 11 is 6.08. The van der Waals surface area contributed by atoms with Gasteiger partial charge < -0.3 is 10.1 Å². The van der Waals surface area contributed by atoms with Gasteiger partial charge in [0, 0.05) is 30.9 Å². The topological polar surface area (TPSA) is 136 Å². The average molecular weight is 482 g/mol. The Hall–Kier alpha value is -3.02. The molecular formula is C20H20ClN3O7S. The van der Waals surface area contributed by atoms with Crippen molar-refractivity contribution in [2.75, 3.05) is 18.4 Å². The molecule has 170 valence electrons. The van der Waals surface area contributed by atoms with E-state index in [2.05, 4.69) is 5.32 Å². The largest absolute Gasteiger partial charge is 0.449 e. The normalized spacial score (nSPS) is 15.2. The Balaban J connectivity index is 1.72. The molecule has 0 unspecified atom stereocenters. The van der Waals surface area contributed by atoms with Crippen LogP contribution in [0.5, 0.6) is 0 Å². The quantitative estimate of drug-likeness (QED) is 0.364. The van der Waals surface area contributed by atoms with Crippen LogP contribution in [-0.4, -0.2) is 48.7 Å². The van der Waals surface area contributed by atoms with Crippen molar-refractivity contribution in [1.29, 1.82) is 0 Å². The minimum absolute atomic E-state index is 0.0232. The van der Waals surface area contributed by atoms with Crippen LogP contribution in [0, 0.1) is 10.1 Å². The Kier molecular flexibility index (Phi) is 7.12. The van der Waals surface area contributed by atoms with Gasteiger partial charge in [0.1, 0.15) is 4.90 Å². The Morgan fingerprint density at radius 3 is 2.53 bits per heavy atom. The molecule has 0 aromatic heterocycles. The van der Waals surface area contributed by atoms with E-state index >= 15 is 0 Å². The van der Waals surface area contributed by atoms with E-state index in [4.69, 9.17) is 16.3 Å². The lowest BCUT2D eigenvalue weighted by atomic mass is 10.2. The van der Waals surface area contributed by atoms with E-state index < -0.39 is 32.9 Å². The highest BCUT2D eigenvalue weighted by Gasteiger charge is 2.30. The highest BCUT2D eigenvalue weighted by atomic mass is 35.5.